The fraction of sp³-hybridized carbons (Fsp3) is 0.448. The van der Waals surface area contributed by atoms with Gasteiger partial charge < -0.3 is 15.1 Å². The normalized spacial score (nSPS) is 12.2. The topological polar surface area (TPSA) is 77.8 Å². The lowest BCUT2D eigenvalue weighted by Gasteiger charge is -2.28. The Balaban J connectivity index is 2.34. The van der Waals surface area contributed by atoms with Gasteiger partial charge in [0.2, 0.25) is 5.91 Å². The smallest absolute Gasteiger partial charge is 0.335 e. The molecule has 0 aliphatic carbocycles. The van der Waals surface area contributed by atoms with Gasteiger partial charge in [-0.15, -0.1) is 0 Å². The quantitative estimate of drug-likeness (QED) is 0.435. The van der Waals surface area contributed by atoms with E-state index in [1.165, 1.54) is 0 Å². The largest absolute Gasteiger partial charge is 0.507 e. The lowest BCUT2D eigenvalue weighted by atomic mass is 9.78. The average molecular weight is 466 g/mol. The number of hydrogen-bond donors (Lipinski definition) is 2. The van der Waals surface area contributed by atoms with Gasteiger partial charge in [0.1, 0.15) is 5.75 Å². The molecule has 5 heteroatoms. The lowest BCUT2D eigenvalue weighted by molar-refractivity contribution is -0.126. The van der Waals surface area contributed by atoms with E-state index in [2.05, 4.69) is 48.5 Å². The molecule has 184 valence electrons. The maximum atomic E-state index is 13.1. The van der Waals surface area contributed by atoms with Crippen LogP contribution in [-0.2, 0) is 22.2 Å². The molecular weight excluding hydrogens is 426 g/mol. The van der Waals surface area contributed by atoms with Gasteiger partial charge in [-0.2, -0.15) is 0 Å². The number of unbranched alkanes of at least 4 members (excludes halogenated alkanes) is 1. The highest BCUT2D eigenvalue weighted by Crippen LogP contribution is 2.40. The third-order valence-electron chi connectivity index (χ3n) is 5.83. The van der Waals surface area contributed by atoms with Crippen LogP contribution in [0.2, 0.25) is 0 Å². The molecule has 0 fully saturated rings. The number of nitrogens with zero attached hydrogens (tertiary/aromatic N) is 1. The van der Waals surface area contributed by atoms with E-state index in [0.717, 1.165) is 35.1 Å². The Morgan fingerprint density at radius 1 is 0.941 bits per heavy atom. The molecular formula is C29H39NO4. The monoisotopic (exact) mass is 465 g/mol. The summed E-state index contributed by atoms with van der Waals surface area (Å²) in [6, 6.07) is 10.5. The Morgan fingerprint density at radius 2 is 1.47 bits per heavy atom. The maximum Gasteiger partial charge on any atom is 0.335 e. The Kier molecular flexibility index (Phi) is 8.71. The first-order valence-corrected chi connectivity index (χ1v) is 11.9. The molecule has 2 N–H and O–H groups in total. The predicted molar refractivity (Wildman–Crippen MR) is 138 cm³/mol. The zero-order valence-corrected chi connectivity index (χ0v) is 21.6. The molecule has 2 aromatic carbocycles. The highest BCUT2D eigenvalue weighted by molar-refractivity contribution is 5.92. The summed E-state index contributed by atoms with van der Waals surface area (Å²) in [5.74, 6) is -0.747. The number of hydrogen-bond acceptors (Lipinski definition) is 3. The highest BCUT2D eigenvalue weighted by atomic mass is 16.4. The molecule has 0 atom stereocenters. The number of carboxylic acids is 1. The molecule has 0 spiro atoms. The van der Waals surface area contributed by atoms with Crippen LogP contribution in [-0.4, -0.2) is 33.5 Å². The molecule has 0 aliphatic rings. The van der Waals surface area contributed by atoms with E-state index in [1.807, 2.05) is 18.2 Å². The first-order valence-electron chi connectivity index (χ1n) is 11.9. The van der Waals surface area contributed by atoms with Crippen LogP contribution < -0.4 is 0 Å². The minimum Gasteiger partial charge on any atom is -0.507 e. The van der Waals surface area contributed by atoms with Crippen LogP contribution in [0, 0.1) is 0 Å². The summed E-state index contributed by atoms with van der Waals surface area (Å²) in [6.07, 6.45) is 5.26. The molecule has 0 aromatic heterocycles. The van der Waals surface area contributed by atoms with Crippen molar-refractivity contribution in [1.82, 2.24) is 4.90 Å². The first kappa shape index (κ1) is 27.2. The highest BCUT2D eigenvalue weighted by Gasteiger charge is 2.26. The summed E-state index contributed by atoms with van der Waals surface area (Å²) >= 11 is 0. The second-order valence-corrected chi connectivity index (χ2v) is 10.9. The molecule has 0 radical (unpaired) electrons. The Morgan fingerprint density at radius 3 is 1.91 bits per heavy atom. The van der Waals surface area contributed by atoms with E-state index in [-0.39, 0.29) is 22.3 Å². The van der Waals surface area contributed by atoms with E-state index in [4.69, 9.17) is 5.11 Å². The number of rotatable bonds is 8. The van der Waals surface area contributed by atoms with Crippen molar-refractivity contribution in [3.8, 4) is 5.75 Å². The molecule has 5 nitrogen and oxygen atoms in total. The Hall–Kier alpha value is -3.08. The third-order valence-corrected chi connectivity index (χ3v) is 5.83. The van der Waals surface area contributed by atoms with Gasteiger partial charge in [-0.05, 0) is 58.7 Å². The fourth-order valence-corrected chi connectivity index (χ4v) is 3.76. The molecule has 2 aromatic rings. The number of aromatic carboxylic acids is 1. The van der Waals surface area contributed by atoms with E-state index in [9.17, 15) is 14.7 Å². The van der Waals surface area contributed by atoms with Crippen molar-refractivity contribution in [3.05, 3.63) is 70.3 Å². The number of amides is 1. The number of benzene rings is 2. The first-order chi connectivity index (χ1) is 15.7. The number of carbonyl (C=O) groups is 2. The van der Waals surface area contributed by atoms with Crippen LogP contribution in [0.1, 0.15) is 93.9 Å². The third kappa shape index (κ3) is 7.21. The summed E-state index contributed by atoms with van der Waals surface area (Å²) in [5, 5.41) is 20.0. The van der Waals surface area contributed by atoms with E-state index >= 15 is 0 Å². The van der Waals surface area contributed by atoms with Crippen molar-refractivity contribution in [2.75, 3.05) is 6.54 Å². The van der Waals surface area contributed by atoms with Crippen molar-refractivity contribution in [2.24, 2.45) is 0 Å². The number of aromatic hydroxyl groups is 1. The van der Waals surface area contributed by atoms with Crippen LogP contribution in [0.15, 0.2) is 42.5 Å². The summed E-state index contributed by atoms with van der Waals surface area (Å²) < 4.78 is 0. The van der Waals surface area contributed by atoms with E-state index in [1.54, 1.807) is 35.2 Å². The summed E-state index contributed by atoms with van der Waals surface area (Å²) in [5.41, 5.74) is 3.22. The molecule has 0 saturated carbocycles. The molecule has 34 heavy (non-hydrogen) atoms. The molecule has 2 rings (SSSR count). The molecule has 0 bridgehead atoms. The standard InChI is InChI=1S/C29H39NO4/c1-8-9-16-30(19-20-10-13-22(14-11-20)27(33)34)25(31)15-12-21-17-23(28(2,3)4)26(32)24(18-21)29(5,6)7/h10-15,17-18,32H,8-9,16,19H2,1-7H3,(H,33,34). The van der Waals surface area contributed by atoms with Gasteiger partial charge in [0.15, 0.2) is 0 Å². The summed E-state index contributed by atoms with van der Waals surface area (Å²) in [4.78, 5) is 26.0. The molecule has 0 heterocycles. The maximum absolute atomic E-state index is 13.1. The van der Waals surface area contributed by atoms with Gasteiger partial charge in [0.05, 0.1) is 5.56 Å². The van der Waals surface area contributed by atoms with Gasteiger partial charge in [0, 0.05) is 30.3 Å². The Labute approximate surface area is 204 Å². The van der Waals surface area contributed by atoms with E-state index < -0.39 is 5.97 Å². The lowest BCUT2D eigenvalue weighted by Crippen LogP contribution is -2.30. The second-order valence-electron chi connectivity index (χ2n) is 10.9. The van der Waals surface area contributed by atoms with Crippen LogP contribution in [0.4, 0.5) is 0 Å². The van der Waals surface area contributed by atoms with Crippen molar-refractivity contribution in [1.29, 1.82) is 0 Å². The van der Waals surface area contributed by atoms with Crippen molar-refractivity contribution in [3.63, 3.8) is 0 Å². The molecule has 0 saturated heterocycles. The number of phenolic OH excluding ortho intramolecular Hbond substituents is 1. The average Bonchev–Trinajstić information content (AvgIpc) is 2.74. The summed E-state index contributed by atoms with van der Waals surface area (Å²) in [7, 11) is 0. The Bertz CT molecular complexity index is 1000. The van der Waals surface area contributed by atoms with Crippen molar-refractivity contribution >= 4 is 18.0 Å². The molecule has 0 aliphatic heterocycles. The molecule has 0 unspecified atom stereocenters. The van der Waals surface area contributed by atoms with Gasteiger partial charge in [-0.3, -0.25) is 4.79 Å². The van der Waals surface area contributed by atoms with Crippen LogP contribution >= 0.6 is 0 Å². The minimum absolute atomic E-state index is 0.0987. The second kappa shape index (κ2) is 10.9. The van der Waals surface area contributed by atoms with Gasteiger partial charge in [-0.1, -0.05) is 67.0 Å². The van der Waals surface area contributed by atoms with Crippen LogP contribution in [0.3, 0.4) is 0 Å². The zero-order valence-electron chi connectivity index (χ0n) is 21.6. The van der Waals surface area contributed by atoms with Crippen LogP contribution in [0.5, 0.6) is 5.75 Å². The fourth-order valence-electron chi connectivity index (χ4n) is 3.76. The number of carbonyl (C=O) groups excluding carboxylic acids is 1. The number of carboxylic acid groups (broad SMARTS) is 1. The van der Waals surface area contributed by atoms with Gasteiger partial charge in [-0.25, -0.2) is 4.79 Å². The van der Waals surface area contributed by atoms with Crippen molar-refractivity contribution in [2.45, 2.75) is 78.7 Å². The van der Waals surface area contributed by atoms with Crippen molar-refractivity contribution < 1.29 is 19.8 Å². The van der Waals surface area contributed by atoms with Gasteiger partial charge >= 0.3 is 5.97 Å². The van der Waals surface area contributed by atoms with E-state index in [0.29, 0.717) is 18.8 Å². The van der Waals surface area contributed by atoms with Gasteiger partial charge in [0.25, 0.3) is 0 Å². The summed E-state index contributed by atoms with van der Waals surface area (Å²) in [6.45, 7) is 15.5. The van der Waals surface area contributed by atoms with Crippen LogP contribution in [0.25, 0.3) is 6.08 Å². The molecule has 1 amide bonds. The minimum atomic E-state index is -0.966. The number of phenols is 1. The SMILES string of the molecule is CCCCN(Cc1ccc(C(=O)O)cc1)C(=O)C=Cc1cc(C(C)(C)C)c(O)c(C(C)(C)C)c1. The predicted octanol–water partition coefficient (Wildman–Crippen LogP) is 6.53. The zero-order chi connectivity index (χ0) is 25.7.